The van der Waals surface area contributed by atoms with Crippen LogP contribution in [0.1, 0.15) is 45.4 Å². The van der Waals surface area contributed by atoms with Crippen LogP contribution in [0, 0.1) is 0 Å². The lowest BCUT2D eigenvalue weighted by Gasteiger charge is -1.95. The molecule has 0 saturated carbocycles. The van der Waals surface area contributed by atoms with Gasteiger partial charge >= 0.3 is 5.97 Å². The maximum absolute atomic E-state index is 10.0. The molecule has 104 valence electrons. The van der Waals surface area contributed by atoms with Gasteiger partial charge in [-0.1, -0.05) is 44.7 Å². The second kappa shape index (κ2) is 9.08. The molecule has 19 heavy (non-hydrogen) atoms. The molecule has 5 nitrogen and oxygen atoms in total. The van der Waals surface area contributed by atoms with Gasteiger partial charge in [-0.25, -0.2) is 0 Å². The van der Waals surface area contributed by atoms with Crippen molar-refractivity contribution in [1.29, 1.82) is 0 Å². The summed E-state index contributed by atoms with van der Waals surface area (Å²) in [4.78, 5) is 10.0. The van der Waals surface area contributed by atoms with E-state index in [4.69, 9.17) is 5.11 Å². The molecule has 1 aromatic heterocycles. The zero-order valence-corrected chi connectivity index (χ0v) is 11.3. The number of carboxylic acids is 1. The second-order valence-corrected chi connectivity index (χ2v) is 4.37. The van der Waals surface area contributed by atoms with Crippen LogP contribution in [0.4, 0.5) is 0 Å². The zero-order valence-electron chi connectivity index (χ0n) is 11.3. The maximum Gasteiger partial charge on any atom is 0.303 e. The van der Waals surface area contributed by atoms with E-state index in [1.807, 2.05) is 24.3 Å². The summed E-state index contributed by atoms with van der Waals surface area (Å²) in [5.74, 6) is -0.670. The number of carbonyl (C=O) groups is 1. The molecule has 0 aliphatic carbocycles. The van der Waals surface area contributed by atoms with E-state index in [0.29, 0.717) is 6.42 Å². The third kappa shape index (κ3) is 6.55. The van der Waals surface area contributed by atoms with Crippen LogP contribution in [0.25, 0.3) is 11.0 Å². The lowest BCUT2D eigenvalue weighted by atomic mass is 10.1. The minimum Gasteiger partial charge on any atom is -0.481 e. The summed E-state index contributed by atoms with van der Waals surface area (Å²) in [6.07, 6.45) is 5.88. The van der Waals surface area contributed by atoms with Crippen molar-refractivity contribution in [2.75, 3.05) is 0 Å². The van der Waals surface area contributed by atoms with Gasteiger partial charge in [0.15, 0.2) is 0 Å². The molecule has 0 atom stereocenters. The Labute approximate surface area is 113 Å². The van der Waals surface area contributed by atoms with Crippen LogP contribution in [0.2, 0.25) is 0 Å². The summed E-state index contributed by atoms with van der Waals surface area (Å²) in [6, 6.07) is 7.70. The number of aliphatic carboxylic acids is 1. The summed E-state index contributed by atoms with van der Waals surface area (Å²) in [5, 5.41) is 18.6. The Hall–Kier alpha value is -1.91. The SMILES string of the molecule is CCCCCCCC(=O)O.c1ccc2n[nH]nc2c1. The molecule has 0 bridgehead atoms. The van der Waals surface area contributed by atoms with E-state index in [0.717, 1.165) is 23.9 Å². The zero-order chi connectivity index (χ0) is 13.9. The van der Waals surface area contributed by atoms with Gasteiger partial charge in [0.1, 0.15) is 11.0 Å². The van der Waals surface area contributed by atoms with Crippen LogP contribution >= 0.6 is 0 Å². The van der Waals surface area contributed by atoms with Crippen molar-refractivity contribution in [3.63, 3.8) is 0 Å². The van der Waals surface area contributed by atoms with Crippen molar-refractivity contribution < 1.29 is 9.90 Å². The summed E-state index contributed by atoms with van der Waals surface area (Å²) >= 11 is 0. The number of fused-ring (bicyclic) bond motifs is 1. The number of nitrogens with one attached hydrogen (secondary N) is 1. The van der Waals surface area contributed by atoms with Gasteiger partial charge in [-0.2, -0.15) is 15.4 Å². The number of nitrogens with zero attached hydrogens (tertiary/aromatic N) is 2. The minimum atomic E-state index is -0.670. The number of carboxylic acid groups (broad SMARTS) is 1. The molecule has 2 rings (SSSR count). The Kier molecular flexibility index (Phi) is 7.24. The number of hydrogen-bond donors (Lipinski definition) is 2. The van der Waals surface area contributed by atoms with Gasteiger partial charge in [-0.3, -0.25) is 4.79 Å². The van der Waals surface area contributed by atoms with Gasteiger partial charge in [0.2, 0.25) is 0 Å². The number of benzene rings is 1. The standard InChI is InChI=1S/C8H16O2.C6H5N3/c1-2-3-4-5-6-7-8(9)10;1-2-4-6-5(3-1)7-9-8-6/h2-7H2,1H3,(H,9,10);1-4H,(H,7,8,9). The van der Waals surface area contributed by atoms with Crippen molar-refractivity contribution in [2.45, 2.75) is 45.4 Å². The Morgan fingerprint density at radius 1 is 1.11 bits per heavy atom. The molecule has 0 unspecified atom stereocenters. The fourth-order valence-electron chi connectivity index (χ4n) is 1.67. The number of aromatic nitrogens is 3. The number of hydrogen-bond acceptors (Lipinski definition) is 3. The first-order valence-electron chi connectivity index (χ1n) is 6.71. The number of para-hydroxylation sites is 2. The molecular weight excluding hydrogens is 242 g/mol. The van der Waals surface area contributed by atoms with Gasteiger partial charge in [0, 0.05) is 6.42 Å². The van der Waals surface area contributed by atoms with Crippen LogP contribution in [0.15, 0.2) is 24.3 Å². The average molecular weight is 263 g/mol. The highest BCUT2D eigenvalue weighted by Gasteiger charge is 1.94. The topological polar surface area (TPSA) is 78.9 Å². The van der Waals surface area contributed by atoms with E-state index in [1.165, 1.54) is 19.3 Å². The van der Waals surface area contributed by atoms with Crippen molar-refractivity contribution in [1.82, 2.24) is 15.4 Å². The van der Waals surface area contributed by atoms with Gasteiger partial charge in [0.25, 0.3) is 0 Å². The summed E-state index contributed by atoms with van der Waals surface area (Å²) in [5.41, 5.74) is 1.83. The molecule has 0 fully saturated rings. The molecule has 5 heteroatoms. The number of aromatic amines is 1. The average Bonchev–Trinajstić information content (AvgIpc) is 2.87. The van der Waals surface area contributed by atoms with Gasteiger partial charge in [-0.05, 0) is 18.6 Å². The van der Waals surface area contributed by atoms with Gasteiger partial charge < -0.3 is 5.11 Å². The molecule has 0 amide bonds. The van der Waals surface area contributed by atoms with Crippen LogP contribution in [0.5, 0.6) is 0 Å². The lowest BCUT2D eigenvalue weighted by molar-refractivity contribution is -0.137. The van der Waals surface area contributed by atoms with E-state index < -0.39 is 5.97 Å². The largest absolute Gasteiger partial charge is 0.481 e. The van der Waals surface area contributed by atoms with E-state index in [2.05, 4.69) is 22.3 Å². The monoisotopic (exact) mass is 263 g/mol. The first kappa shape index (κ1) is 15.1. The number of H-pyrrole nitrogens is 1. The fraction of sp³-hybridized carbons (Fsp3) is 0.500. The first-order chi connectivity index (χ1) is 9.24. The van der Waals surface area contributed by atoms with Gasteiger partial charge in [0.05, 0.1) is 0 Å². The van der Waals surface area contributed by atoms with Crippen molar-refractivity contribution >= 4 is 17.0 Å². The molecule has 1 heterocycles. The molecule has 0 aliphatic heterocycles. The van der Waals surface area contributed by atoms with Crippen molar-refractivity contribution in [2.24, 2.45) is 0 Å². The van der Waals surface area contributed by atoms with Crippen LogP contribution in [-0.4, -0.2) is 26.5 Å². The smallest absolute Gasteiger partial charge is 0.303 e. The van der Waals surface area contributed by atoms with E-state index in [9.17, 15) is 4.79 Å². The lowest BCUT2D eigenvalue weighted by Crippen LogP contribution is -1.93. The Morgan fingerprint density at radius 2 is 1.68 bits per heavy atom. The summed E-state index contributed by atoms with van der Waals surface area (Å²) in [6.45, 7) is 2.15. The molecular formula is C14H21N3O2. The highest BCUT2D eigenvalue weighted by molar-refractivity contribution is 5.72. The van der Waals surface area contributed by atoms with E-state index >= 15 is 0 Å². The highest BCUT2D eigenvalue weighted by Crippen LogP contribution is 2.04. The summed E-state index contributed by atoms with van der Waals surface area (Å²) < 4.78 is 0. The summed E-state index contributed by atoms with van der Waals surface area (Å²) in [7, 11) is 0. The van der Waals surface area contributed by atoms with Crippen LogP contribution < -0.4 is 0 Å². The normalized spacial score (nSPS) is 9.95. The highest BCUT2D eigenvalue weighted by atomic mass is 16.4. The molecule has 0 aliphatic rings. The molecule has 2 aromatic rings. The maximum atomic E-state index is 10.0. The first-order valence-corrected chi connectivity index (χ1v) is 6.71. The van der Waals surface area contributed by atoms with Crippen LogP contribution in [0.3, 0.4) is 0 Å². The van der Waals surface area contributed by atoms with E-state index in [1.54, 1.807) is 0 Å². The fourth-order valence-corrected chi connectivity index (χ4v) is 1.67. The second-order valence-electron chi connectivity index (χ2n) is 4.37. The predicted octanol–water partition coefficient (Wildman–Crippen LogP) is 3.39. The molecule has 0 spiro atoms. The Bertz CT molecular complexity index is 452. The Balaban J connectivity index is 0.000000190. The third-order valence-electron chi connectivity index (χ3n) is 2.72. The third-order valence-corrected chi connectivity index (χ3v) is 2.72. The number of rotatable bonds is 6. The van der Waals surface area contributed by atoms with E-state index in [-0.39, 0.29) is 0 Å². The van der Waals surface area contributed by atoms with Crippen molar-refractivity contribution in [3.05, 3.63) is 24.3 Å². The molecule has 0 saturated heterocycles. The molecule has 1 aromatic carbocycles. The quantitative estimate of drug-likeness (QED) is 0.783. The predicted molar refractivity (Wildman–Crippen MR) is 74.9 cm³/mol. The van der Waals surface area contributed by atoms with Gasteiger partial charge in [-0.15, -0.1) is 0 Å². The Morgan fingerprint density at radius 3 is 2.21 bits per heavy atom. The molecule has 2 N–H and O–H groups in total. The van der Waals surface area contributed by atoms with Crippen LogP contribution in [-0.2, 0) is 4.79 Å². The minimum absolute atomic E-state index is 0.337. The van der Waals surface area contributed by atoms with Crippen molar-refractivity contribution in [3.8, 4) is 0 Å². The molecule has 0 radical (unpaired) electrons. The number of unbranched alkanes of at least 4 members (excludes halogenated alkanes) is 4.